The van der Waals surface area contributed by atoms with E-state index < -0.39 is 17.9 Å². The molecule has 1 saturated carbocycles. The van der Waals surface area contributed by atoms with Crippen molar-refractivity contribution >= 4 is 46.5 Å². The summed E-state index contributed by atoms with van der Waals surface area (Å²) < 4.78 is 9.45. The molecule has 1 aromatic carbocycles. The standard InChI is InChI=1S/C25H33ClN6O4S/c26-17-8-6-16(7-9-17)21(24(34)29-18-4-2-1-3-5-18)32(11-10-31-12-14-36-15-13-31)25(35)22-19(27)20(23(28)33)30-37-22/h6-9,18,21H,1-5,10-15,27H2,(H2,28,33)(H,29,34)/t21-/m1/s1. The zero-order valence-corrected chi connectivity index (χ0v) is 22.2. The Balaban J connectivity index is 1.69. The molecular formula is C25H33ClN6O4S. The number of primary amides is 1. The van der Waals surface area contributed by atoms with Crippen LogP contribution in [0.5, 0.6) is 0 Å². The van der Waals surface area contributed by atoms with Crippen molar-refractivity contribution in [2.75, 3.05) is 45.1 Å². The van der Waals surface area contributed by atoms with Gasteiger partial charge < -0.3 is 26.4 Å². The number of rotatable bonds is 9. The van der Waals surface area contributed by atoms with Gasteiger partial charge in [0.1, 0.15) is 10.9 Å². The lowest BCUT2D eigenvalue weighted by atomic mass is 9.94. The van der Waals surface area contributed by atoms with Crippen molar-refractivity contribution in [2.45, 2.75) is 44.2 Å². The second kappa shape index (κ2) is 12.7. The van der Waals surface area contributed by atoms with Gasteiger partial charge in [-0.1, -0.05) is 43.0 Å². The number of anilines is 1. The topological polar surface area (TPSA) is 144 Å². The molecule has 5 N–H and O–H groups in total. The molecule has 3 amide bonds. The number of nitrogens with one attached hydrogen (secondary N) is 1. The quantitative estimate of drug-likeness (QED) is 0.436. The lowest BCUT2D eigenvalue weighted by molar-refractivity contribution is -0.127. The molecule has 4 rings (SSSR count). The zero-order chi connectivity index (χ0) is 26.4. The Bertz CT molecular complexity index is 1100. The van der Waals surface area contributed by atoms with Gasteiger partial charge in [0, 0.05) is 37.2 Å². The smallest absolute Gasteiger partial charge is 0.270 e. The van der Waals surface area contributed by atoms with Crippen molar-refractivity contribution in [3.8, 4) is 0 Å². The molecule has 2 aliphatic rings. The summed E-state index contributed by atoms with van der Waals surface area (Å²) in [6.45, 7) is 3.48. The van der Waals surface area contributed by atoms with E-state index in [9.17, 15) is 14.4 Å². The van der Waals surface area contributed by atoms with Gasteiger partial charge in [-0.15, -0.1) is 0 Å². The minimum atomic E-state index is -0.925. The van der Waals surface area contributed by atoms with E-state index in [4.69, 9.17) is 27.8 Å². The summed E-state index contributed by atoms with van der Waals surface area (Å²) in [6.07, 6.45) is 5.09. The first-order valence-electron chi connectivity index (χ1n) is 12.6. The molecule has 0 bridgehead atoms. The Morgan fingerprint density at radius 2 is 1.84 bits per heavy atom. The van der Waals surface area contributed by atoms with Gasteiger partial charge >= 0.3 is 0 Å². The Labute approximate surface area is 225 Å². The van der Waals surface area contributed by atoms with E-state index in [1.165, 1.54) is 4.90 Å². The van der Waals surface area contributed by atoms with Crippen LogP contribution in [0.25, 0.3) is 0 Å². The number of carbonyl (C=O) groups is 3. The van der Waals surface area contributed by atoms with Gasteiger partial charge in [-0.05, 0) is 42.1 Å². The first-order chi connectivity index (χ1) is 17.8. The number of hydrogen-bond donors (Lipinski definition) is 3. The molecule has 2 aromatic rings. The number of carbonyl (C=O) groups excluding carboxylic acids is 3. The van der Waals surface area contributed by atoms with Gasteiger partial charge in [-0.3, -0.25) is 19.3 Å². The number of halogens is 1. The summed E-state index contributed by atoms with van der Waals surface area (Å²) in [7, 11) is 0. The number of aromatic nitrogens is 1. The van der Waals surface area contributed by atoms with Crippen molar-refractivity contribution in [1.82, 2.24) is 19.5 Å². The largest absolute Gasteiger partial charge is 0.395 e. The molecule has 2 fully saturated rings. The number of nitrogens with two attached hydrogens (primary N) is 2. The Morgan fingerprint density at radius 3 is 2.46 bits per heavy atom. The van der Waals surface area contributed by atoms with Gasteiger partial charge in [-0.25, -0.2) is 0 Å². The van der Waals surface area contributed by atoms with Crippen LogP contribution in [0.2, 0.25) is 5.02 Å². The second-order valence-electron chi connectivity index (χ2n) is 9.39. The van der Waals surface area contributed by atoms with Crippen LogP contribution in [0.4, 0.5) is 5.69 Å². The van der Waals surface area contributed by atoms with E-state index in [1.54, 1.807) is 24.3 Å². The Morgan fingerprint density at radius 1 is 1.16 bits per heavy atom. The lowest BCUT2D eigenvalue weighted by Crippen LogP contribution is -2.49. The van der Waals surface area contributed by atoms with E-state index >= 15 is 0 Å². The highest BCUT2D eigenvalue weighted by Gasteiger charge is 2.36. The van der Waals surface area contributed by atoms with Crippen molar-refractivity contribution in [3.63, 3.8) is 0 Å². The summed E-state index contributed by atoms with van der Waals surface area (Å²) in [5.74, 6) is -1.55. The van der Waals surface area contributed by atoms with E-state index in [0.29, 0.717) is 30.3 Å². The molecule has 0 spiro atoms. The van der Waals surface area contributed by atoms with Crippen molar-refractivity contribution < 1.29 is 19.1 Å². The summed E-state index contributed by atoms with van der Waals surface area (Å²) in [5, 5.41) is 3.70. The zero-order valence-electron chi connectivity index (χ0n) is 20.7. The van der Waals surface area contributed by atoms with Crippen LogP contribution in [0.1, 0.15) is 63.9 Å². The minimum Gasteiger partial charge on any atom is -0.395 e. The maximum atomic E-state index is 14.0. The third-order valence-electron chi connectivity index (χ3n) is 6.87. The number of nitrogen functional groups attached to an aromatic ring is 1. The molecule has 0 unspecified atom stereocenters. The molecule has 1 atom stereocenters. The van der Waals surface area contributed by atoms with Gasteiger partial charge in [0.05, 0.1) is 18.9 Å². The van der Waals surface area contributed by atoms with Crippen LogP contribution in [0.15, 0.2) is 24.3 Å². The van der Waals surface area contributed by atoms with Gasteiger partial charge in [0.2, 0.25) is 5.91 Å². The summed E-state index contributed by atoms with van der Waals surface area (Å²) in [6, 6.07) is 6.05. The summed E-state index contributed by atoms with van der Waals surface area (Å²) >= 11 is 6.95. The first kappa shape index (κ1) is 27.3. The van der Waals surface area contributed by atoms with Gasteiger partial charge in [-0.2, -0.15) is 4.37 Å². The predicted octanol–water partition coefficient (Wildman–Crippen LogP) is 2.44. The highest BCUT2D eigenvalue weighted by atomic mass is 35.5. The molecule has 37 heavy (non-hydrogen) atoms. The maximum Gasteiger partial charge on any atom is 0.270 e. The minimum absolute atomic E-state index is 0.0576. The molecule has 1 aliphatic heterocycles. The van der Waals surface area contributed by atoms with E-state index in [2.05, 4.69) is 14.6 Å². The van der Waals surface area contributed by atoms with E-state index in [-0.39, 0.29) is 34.8 Å². The van der Waals surface area contributed by atoms with Crippen LogP contribution in [-0.2, 0) is 9.53 Å². The normalized spacial score (nSPS) is 17.8. The number of amides is 3. The molecule has 0 radical (unpaired) electrons. The van der Waals surface area contributed by atoms with Crippen molar-refractivity contribution in [3.05, 3.63) is 45.4 Å². The fraction of sp³-hybridized carbons (Fsp3) is 0.520. The van der Waals surface area contributed by atoms with Crippen LogP contribution in [-0.4, -0.2) is 77.3 Å². The Kier molecular flexibility index (Phi) is 9.36. The van der Waals surface area contributed by atoms with Crippen molar-refractivity contribution in [1.29, 1.82) is 0 Å². The maximum absolute atomic E-state index is 14.0. The third kappa shape index (κ3) is 6.78. The Hall–Kier alpha value is -2.73. The summed E-state index contributed by atoms with van der Waals surface area (Å²) in [5.41, 5.74) is 11.9. The highest BCUT2D eigenvalue weighted by Crippen LogP contribution is 2.30. The SMILES string of the molecule is NC(=O)c1nsc(C(=O)N(CCN2CCOCC2)[C@@H](C(=O)NC2CCCCC2)c2ccc(Cl)cc2)c1N. The van der Waals surface area contributed by atoms with Crippen LogP contribution < -0.4 is 16.8 Å². The molecule has 1 saturated heterocycles. The lowest BCUT2D eigenvalue weighted by Gasteiger charge is -2.35. The third-order valence-corrected chi connectivity index (χ3v) is 7.98. The van der Waals surface area contributed by atoms with E-state index in [0.717, 1.165) is 56.7 Å². The average Bonchev–Trinajstić information content (AvgIpc) is 3.29. The number of morpholine rings is 1. The molecule has 2 heterocycles. The average molecular weight is 549 g/mol. The second-order valence-corrected chi connectivity index (χ2v) is 10.6. The highest BCUT2D eigenvalue weighted by molar-refractivity contribution is 7.09. The fourth-order valence-electron chi connectivity index (χ4n) is 4.83. The van der Waals surface area contributed by atoms with Crippen molar-refractivity contribution in [2.24, 2.45) is 5.73 Å². The van der Waals surface area contributed by atoms with Gasteiger partial charge in [0.25, 0.3) is 11.8 Å². The number of hydrogen-bond acceptors (Lipinski definition) is 8. The molecule has 1 aliphatic carbocycles. The molecule has 10 nitrogen and oxygen atoms in total. The number of benzene rings is 1. The number of ether oxygens (including phenoxy) is 1. The fourth-order valence-corrected chi connectivity index (χ4v) is 5.71. The van der Waals surface area contributed by atoms with E-state index in [1.807, 2.05) is 0 Å². The monoisotopic (exact) mass is 548 g/mol. The first-order valence-corrected chi connectivity index (χ1v) is 13.7. The molecular weight excluding hydrogens is 516 g/mol. The van der Waals surface area contributed by atoms with Crippen LogP contribution in [0, 0.1) is 0 Å². The summed E-state index contributed by atoms with van der Waals surface area (Å²) in [4.78, 5) is 43.3. The van der Waals surface area contributed by atoms with Gasteiger partial charge in [0.15, 0.2) is 5.69 Å². The molecule has 1 aromatic heterocycles. The molecule has 12 heteroatoms. The van der Waals surface area contributed by atoms with Crippen LogP contribution in [0.3, 0.4) is 0 Å². The predicted molar refractivity (Wildman–Crippen MR) is 143 cm³/mol. The number of nitrogens with zero attached hydrogens (tertiary/aromatic N) is 3. The van der Waals surface area contributed by atoms with Crippen LogP contribution >= 0.6 is 23.1 Å². The molecule has 200 valence electrons.